The van der Waals surface area contributed by atoms with Gasteiger partial charge in [0, 0.05) is 15.7 Å². The smallest absolute Gasteiger partial charge is 0.234 e. The highest BCUT2D eigenvalue weighted by molar-refractivity contribution is 9.10. The topological polar surface area (TPSA) is 43.3 Å². The van der Waals surface area contributed by atoms with Gasteiger partial charge in [-0.3, -0.25) is 0 Å². The molecule has 2 N–H and O–H groups in total. The molecule has 0 atom stereocenters. The van der Waals surface area contributed by atoms with Crippen molar-refractivity contribution in [1.29, 1.82) is 0 Å². The molecule has 2 aromatic rings. The van der Waals surface area contributed by atoms with E-state index in [9.17, 15) is 0 Å². The molecule has 2 radical (unpaired) electrons. The van der Waals surface area contributed by atoms with E-state index in [2.05, 4.69) is 47.1 Å². The van der Waals surface area contributed by atoms with Crippen LogP contribution in [0, 0.1) is 0 Å². The molecule has 0 unspecified atom stereocenters. The summed E-state index contributed by atoms with van der Waals surface area (Å²) in [4.78, 5) is 4.80. The molecule has 0 bridgehead atoms. The summed E-state index contributed by atoms with van der Waals surface area (Å²) in [6, 6.07) is 12.1. The molecule has 0 fully saturated rings. The van der Waals surface area contributed by atoms with Gasteiger partial charge in [-0.15, -0.1) is 0 Å². The van der Waals surface area contributed by atoms with Gasteiger partial charge in [0.25, 0.3) is 0 Å². The fraction of sp³-hybridized carbons (Fsp3) is 0.150. The molecule has 0 saturated carbocycles. The van der Waals surface area contributed by atoms with Crippen molar-refractivity contribution >= 4 is 41.3 Å². The van der Waals surface area contributed by atoms with Crippen LogP contribution in [0.2, 0.25) is 0 Å². The number of hydrogen-bond acceptors (Lipinski definition) is 2. The molecule has 0 aliphatic carbocycles. The van der Waals surface area contributed by atoms with Crippen molar-refractivity contribution in [2.45, 2.75) is 13.3 Å². The van der Waals surface area contributed by atoms with Crippen molar-refractivity contribution in [3.05, 3.63) is 81.7 Å². The molecule has 1 aliphatic rings. The Hall–Kier alpha value is -2.11. The predicted octanol–water partition coefficient (Wildman–Crippen LogP) is 4.36. The van der Waals surface area contributed by atoms with Gasteiger partial charge in [0.15, 0.2) is 0 Å². The number of hydrogen-bond donors (Lipinski definition) is 1. The Balaban J connectivity index is 1.93. The van der Waals surface area contributed by atoms with Crippen LogP contribution in [-0.2, 0) is 0 Å². The second-order valence-electron chi connectivity index (χ2n) is 5.92. The quantitative estimate of drug-likeness (QED) is 0.756. The zero-order valence-electron chi connectivity index (χ0n) is 14.1. The highest BCUT2D eigenvalue weighted by Gasteiger charge is 2.16. The van der Waals surface area contributed by atoms with E-state index in [1.54, 1.807) is 4.48 Å². The molecule has 1 aromatic carbocycles. The summed E-state index contributed by atoms with van der Waals surface area (Å²) in [5.74, 6) is 0. The number of halogens is 1. The Morgan fingerprint density at radius 1 is 1.24 bits per heavy atom. The first-order valence-corrected chi connectivity index (χ1v) is 8.95. The van der Waals surface area contributed by atoms with Crippen LogP contribution >= 0.6 is 15.9 Å². The number of rotatable bonds is 5. The Kier molecular flexibility index (Phi) is 5.56. The lowest BCUT2D eigenvalue weighted by Gasteiger charge is -2.11. The number of aliphatic imine (C=N–C) groups is 1. The van der Waals surface area contributed by atoms with E-state index < -0.39 is 0 Å². The van der Waals surface area contributed by atoms with Crippen LogP contribution in [0.25, 0.3) is 11.6 Å². The van der Waals surface area contributed by atoms with E-state index in [1.807, 2.05) is 36.5 Å². The minimum Gasteiger partial charge on any atom is -0.403 e. The van der Waals surface area contributed by atoms with Gasteiger partial charge >= 0.3 is 0 Å². The first-order chi connectivity index (χ1) is 12.1. The summed E-state index contributed by atoms with van der Waals surface area (Å²) in [5, 5.41) is 0. The zero-order chi connectivity index (χ0) is 17.8. The molecular formula is C20H19BBrN3. The molecule has 1 aliphatic heterocycles. The minimum absolute atomic E-state index is 0.552. The Labute approximate surface area is 158 Å². The van der Waals surface area contributed by atoms with Crippen molar-refractivity contribution in [3.63, 3.8) is 0 Å². The molecule has 25 heavy (non-hydrogen) atoms. The SMILES string of the molecule is [B]n1cccc1C(CCN)=C1N=C(C=Cc2ccc(Br)cc2)C=C1C. The van der Waals surface area contributed by atoms with Gasteiger partial charge in [0.2, 0.25) is 7.98 Å². The molecule has 0 amide bonds. The number of benzene rings is 1. The second kappa shape index (κ2) is 7.85. The van der Waals surface area contributed by atoms with Gasteiger partial charge in [-0.2, -0.15) is 0 Å². The summed E-state index contributed by atoms with van der Waals surface area (Å²) in [7, 11) is 6.02. The van der Waals surface area contributed by atoms with E-state index in [0.717, 1.165) is 44.7 Å². The maximum absolute atomic E-state index is 6.02. The standard InChI is InChI=1S/C20H19BBrN3/c1-14-13-17(9-6-15-4-7-16(22)8-5-15)24-20(14)18(10-11-23)19-3-2-12-25(19)21/h2-9,12-13H,10-11,23H2,1H3. The van der Waals surface area contributed by atoms with E-state index in [-0.39, 0.29) is 0 Å². The predicted molar refractivity (Wildman–Crippen MR) is 111 cm³/mol. The highest BCUT2D eigenvalue weighted by atomic mass is 79.9. The third-order valence-corrected chi connectivity index (χ3v) is 4.59. The molecule has 2 heterocycles. The molecule has 1 aromatic heterocycles. The van der Waals surface area contributed by atoms with Crippen LogP contribution in [0.5, 0.6) is 0 Å². The molecule has 0 saturated heterocycles. The van der Waals surface area contributed by atoms with Crippen LogP contribution in [-0.4, -0.2) is 24.7 Å². The normalized spacial score (nSPS) is 16.3. The van der Waals surface area contributed by atoms with Gasteiger partial charge in [0.1, 0.15) is 0 Å². The molecular weight excluding hydrogens is 373 g/mol. The molecule has 124 valence electrons. The number of nitrogens with zero attached hydrogens (tertiary/aromatic N) is 2. The Bertz CT molecular complexity index is 886. The number of nitrogens with two attached hydrogens (primary N) is 1. The lowest BCUT2D eigenvalue weighted by molar-refractivity contribution is 0.997. The minimum atomic E-state index is 0.552. The molecule has 3 rings (SSSR count). The average Bonchev–Trinajstić information content (AvgIpc) is 3.18. The van der Waals surface area contributed by atoms with E-state index >= 15 is 0 Å². The van der Waals surface area contributed by atoms with Crippen LogP contribution in [0.1, 0.15) is 24.6 Å². The van der Waals surface area contributed by atoms with Crippen molar-refractivity contribution < 1.29 is 0 Å². The second-order valence-corrected chi connectivity index (χ2v) is 6.83. The first kappa shape index (κ1) is 17.7. The maximum atomic E-state index is 6.02. The highest BCUT2D eigenvalue weighted by Crippen LogP contribution is 2.30. The van der Waals surface area contributed by atoms with E-state index in [0.29, 0.717) is 6.54 Å². The summed E-state index contributed by atoms with van der Waals surface area (Å²) in [6.07, 6.45) is 8.74. The maximum Gasteiger partial charge on any atom is 0.234 e. The van der Waals surface area contributed by atoms with Gasteiger partial charge in [-0.1, -0.05) is 34.1 Å². The third-order valence-electron chi connectivity index (χ3n) is 4.06. The van der Waals surface area contributed by atoms with Crippen LogP contribution in [0.4, 0.5) is 0 Å². The van der Waals surface area contributed by atoms with Crippen LogP contribution < -0.4 is 5.73 Å². The summed E-state index contributed by atoms with van der Waals surface area (Å²) in [6.45, 7) is 2.62. The zero-order valence-corrected chi connectivity index (χ0v) is 15.7. The lowest BCUT2D eigenvalue weighted by atomic mass is 10.0. The van der Waals surface area contributed by atoms with E-state index in [4.69, 9.17) is 18.7 Å². The van der Waals surface area contributed by atoms with Crippen LogP contribution in [0.3, 0.4) is 0 Å². The Morgan fingerprint density at radius 2 is 2.00 bits per heavy atom. The number of allylic oxidation sites excluding steroid dienone is 3. The van der Waals surface area contributed by atoms with Gasteiger partial charge in [-0.25, -0.2) is 4.99 Å². The van der Waals surface area contributed by atoms with Crippen molar-refractivity contribution in [3.8, 4) is 0 Å². The van der Waals surface area contributed by atoms with Crippen molar-refractivity contribution in [2.24, 2.45) is 10.7 Å². The monoisotopic (exact) mass is 391 g/mol. The molecule has 3 nitrogen and oxygen atoms in total. The Morgan fingerprint density at radius 3 is 2.64 bits per heavy atom. The average molecular weight is 392 g/mol. The van der Waals surface area contributed by atoms with E-state index in [1.165, 1.54) is 0 Å². The van der Waals surface area contributed by atoms with Crippen molar-refractivity contribution in [1.82, 2.24) is 4.48 Å². The summed E-state index contributed by atoms with van der Waals surface area (Å²) in [5.41, 5.74) is 12.0. The fourth-order valence-electron chi connectivity index (χ4n) is 2.85. The largest absolute Gasteiger partial charge is 0.403 e. The molecule has 5 heteroatoms. The first-order valence-electron chi connectivity index (χ1n) is 8.15. The van der Waals surface area contributed by atoms with Gasteiger partial charge in [-0.05, 0) is 73.6 Å². The molecule has 0 spiro atoms. The van der Waals surface area contributed by atoms with Crippen molar-refractivity contribution in [2.75, 3.05) is 6.54 Å². The summed E-state index contributed by atoms with van der Waals surface area (Å²) >= 11 is 3.45. The van der Waals surface area contributed by atoms with Gasteiger partial charge < -0.3 is 10.2 Å². The number of aromatic nitrogens is 1. The third kappa shape index (κ3) is 4.11. The van der Waals surface area contributed by atoms with Gasteiger partial charge in [0.05, 0.1) is 11.4 Å². The summed E-state index contributed by atoms with van der Waals surface area (Å²) < 4.78 is 2.69. The lowest BCUT2D eigenvalue weighted by Crippen LogP contribution is -2.05. The van der Waals surface area contributed by atoms with Crippen LogP contribution in [0.15, 0.2) is 75.5 Å². The fourth-order valence-corrected chi connectivity index (χ4v) is 3.11.